The number of allylic oxidation sites excluding steroid dienone is 2. The highest BCUT2D eigenvalue weighted by Gasteiger charge is 2.26. The van der Waals surface area contributed by atoms with Crippen LogP contribution in [0.25, 0.3) is 11.1 Å². The van der Waals surface area contributed by atoms with E-state index in [0.717, 1.165) is 65.8 Å². The first-order chi connectivity index (χ1) is 25.0. The summed E-state index contributed by atoms with van der Waals surface area (Å²) in [6, 6.07) is 22.9. The molecule has 0 heterocycles. The quantitative estimate of drug-likeness (QED) is 0.0964. The van der Waals surface area contributed by atoms with E-state index in [2.05, 4.69) is 35.8 Å². The summed E-state index contributed by atoms with van der Waals surface area (Å²) in [7, 11) is 0. The van der Waals surface area contributed by atoms with Gasteiger partial charge in [0.2, 0.25) is 0 Å². The molecule has 0 saturated heterocycles. The largest absolute Gasteiger partial charge is 0.482 e. The fourth-order valence-electron chi connectivity index (χ4n) is 5.23. The van der Waals surface area contributed by atoms with Crippen LogP contribution in [0.2, 0.25) is 0 Å². The predicted octanol–water partition coefficient (Wildman–Crippen LogP) is 8.62. The van der Waals surface area contributed by atoms with Crippen LogP contribution in [0.3, 0.4) is 0 Å². The fourth-order valence-corrected chi connectivity index (χ4v) is 7.13. The van der Waals surface area contributed by atoms with Crippen LogP contribution in [0.1, 0.15) is 52.0 Å². The molecule has 0 atom stereocenters. The summed E-state index contributed by atoms with van der Waals surface area (Å²) in [6.07, 6.45) is 4.11. The monoisotopic (exact) mass is 728 g/mol. The number of rotatable bonds is 12. The maximum atomic E-state index is 13.5. The molecular weight excluding hydrogens is 693 g/mol. The topological polar surface area (TPSA) is 110 Å². The van der Waals surface area contributed by atoms with Gasteiger partial charge in [0.05, 0.1) is 0 Å². The number of hydrogen-bond acceptors (Lipinski definition) is 7. The van der Waals surface area contributed by atoms with Gasteiger partial charge in [-0.3, -0.25) is 4.79 Å². The molecule has 0 radical (unpaired) electrons. The van der Waals surface area contributed by atoms with Crippen LogP contribution in [0.15, 0.2) is 106 Å². The maximum Gasteiger partial charge on any atom is 0.341 e. The van der Waals surface area contributed by atoms with Gasteiger partial charge in [0.25, 0.3) is 0 Å². The summed E-state index contributed by atoms with van der Waals surface area (Å²) < 4.78 is 10.6. The van der Waals surface area contributed by atoms with E-state index in [9.17, 15) is 14.4 Å². The molecule has 1 aliphatic rings. The molecule has 0 aliphatic heterocycles. The van der Waals surface area contributed by atoms with Crippen LogP contribution in [0, 0.1) is 37.5 Å². The molecule has 262 valence electrons. The van der Waals surface area contributed by atoms with Gasteiger partial charge in [-0.05, 0) is 122 Å². The Morgan fingerprint density at radius 3 is 1.44 bits per heavy atom. The summed E-state index contributed by atoms with van der Waals surface area (Å²) in [6.45, 7) is 6.95. The third-order valence-corrected chi connectivity index (χ3v) is 9.74. The van der Waals surface area contributed by atoms with Crippen molar-refractivity contribution >= 4 is 41.2 Å². The molecule has 0 fully saturated rings. The van der Waals surface area contributed by atoms with Crippen molar-refractivity contribution in [3.63, 3.8) is 0 Å². The highest BCUT2D eigenvalue weighted by molar-refractivity contribution is 7.99. The van der Waals surface area contributed by atoms with Crippen molar-refractivity contribution in [1.82, 2.24) is 0 Å². The second-order valence-electron chi connectivity index (χ2n) is 12.0. The van der Waals surface area contributed by atoms with Crippen molar-refractivity contribution in [3.05, 3.63) is 129 Å². The van der Waals surface area contributed by atoms with Gasteiger partial charge in [0.15, 0.2) is 19.0 Å². The lowest BCUT2D eigenvalue weighted by Gasteiger charge is -2.08. The molecule has 0 saturated carbocycles. The lowest BCUT2D eigenvalue weighted by atomic mass is 10.0. The molecule has 2 N–H and O–H groups in total. The SMILES string of the molecule is C/C(C#Cc1ccc2c(c1)C(=O)c1cc(C#C/C(C)=C/CSc3ccc(OCC(=O)O)c(C)c3)ccc1-2)=C\CSc1ccc(OCC(=O)O)c(C)c1. The zero-order chi connectivity index (χ0) is 37.2. The Kier molecular flexibility index (Phi) is 12.7. The first kappa shape index (κ1) is 37.6. The Morgan fingerprint density at radius 2 is 1.06 bits per heavy atom. The molecular formula is C43H36O7S2. The number of aryl methyl sites for hydroxylation is 2. The minimum absolute atomic E-state index is 0.0334. The Labute approximate surface area is 312 Å². The lowest BCUT2D eigenvalue weighted by Crippen LogP contribution is -2.09. The van der Waals surface area contributed by atoms with Crippen molar-refractivity contribution in [1.29, 1.82) is 0 Å². The molecule has 4 aromatic carbocycles. The number of carboxylic acids is 2. The number of ether oxygens (including phenoxy) is 2. The van der Waals surface area contributed by atoms with Gasteiger partial charge in [-0.1, -0.05) is 48.0 Å². The number of benzene rings is 4. The maximum absolute atomic E-state index is 13.5. The van der Waals surface area contributed by atoms with E-state index in [1.807, 2.05) is 88.4 Å². The molecule has 7 nitrogen and oxygen atoms in total. The molecule has 0 spiro atoms. The zero-order valence-electron chi connectivity index (χ0n) is 29.2. The number of hydrogen-bond donors (Lipinski definition) is 2. The predicted molar refractivity (Wildman–Crippen MR) is 207 cm³/mol. The van der Waals surface area contributed by atoms with Crippen LogP contribution in [-0.2, 0) is 9.59 Å². The van der Waals surface area contributed by atoms with Crippen LogP contribution >= 0.6 is 23.5 Å². The average molecular weight is 729 g/mol. The molecule has 0 amide bonds. The highest BCUT2D eigenvalue weighted by Crippen LogP contribution is 2.37. The zero-order valence-corrected chi connectivity index (χ0v) is 30.8. The minimum atomic E-state index is -1.01. The van der Waals surface area contributed by atoms with E-state index in [1.54, 1.807) is 35.7 Å². The number of aliphatic carboxylic acids is 2. The van der Waals surface area contributed by atoms with Crippen molar-refractivity contribution in [2.75, 3.05) is 24.7 Å². The van der Waals surface area contributed by atoms with Crippen molar-refractivity contribution in [2.24, 2.45) is 0 Å². The number of fused-ring (bicyclic) bond motifs is 3. The summed E-state index contributed by atoms with van der Waals surface area (Å²) in [5.74, 6) is 13.3. The second-order valence-corrected chi connectivity index (χ2v) is 14.2. The van der Waals surface area contributed by atoms with E-state index < -0.39 is 11.9 Å². The van der Waals surface area contributed by atoms with Crippen LogP contribution in [-0.4, -0.2) is 52.7 Å². The first-order valence-electron chi connectivity index (χ1n) is 16.3. The van der Waals surface area contributed by atoms with Gasteiger partial charge in [-0.25, -0.2) is 9.59 Å². The van der Waals surface area contributed by atoms with Crippen LogP contribution in [0.5, 0.6) is 11.5 Å². The van der Waals surface area contributed by atoms with Gasteiger partial charge in [0, 0.05) is 43.6 Å². The molecule has 52 heavy (non-hydrogen) atoms. The highest BCUT2D eigenvalue weighted by atomic mass is 32.2. The van der Waals surface area contributed by atoms with Crippen LogP contribution in [0.4, 0.5) is 0 Å². The molecule has 0 aromatic heterocycles. The normalized spacial score (nSPS) is 11.8. The van der Waals surface area contributed by atoms with E-state index in [4.69, 9.17) is 19.7 Å². The van der Waals surface area contributed by atoms with Gasteiger partial charge in [-0.2, -0.15) is 0 Å². The summed E-state index contributed by atoms with van der Waals surface area (Å²) >= 11 is 3.29. The second kappa shape index (κ2) is 17.5. The van der Waals surface area contributed by atoms with Crippen molar-refractivity contribution < 1.29 is 34.1 Å². The average Bonchev–Trinajstić information content (AvgIpc) is 3.39. The molecule has 9 heteroatoms. The molecule has 4 aromatic rings. The van der Waals surface area contributed by atoms with E-state index in [0.29, 0.717) is 22.6 Å². The molecule has 5 rings (SSSR count). The van der Waals surface area contributed by atoms with Gasteiger partial charge >= 0.3 is 11.9 Å². The smallest absolute Gasteiger partial charge is 0.341 e. The summed E-state index contributed by atoms with van der Waals surface area (Å²) in [4.78, 5) is 37.1. The standard InChI is InChI=1S/C43H36O7S2/c1-27(17-19-51-33-11-15-39(29(3)21-33)49-25-41(44)45)5-7-31-9-13-35-36-14-10-32(24-38(36)43(48)37(35)23-31)8-6-28(2)18-20-52-34-12-16-40(30(4)22-34)50-26-42(46)47/h9-18,21-24H,19-20,25-26H2,1-4H3,(H,44,45)(H,46,47)/b27-17+,28-18+. The Morgan fingerprint density at radius 1 is 0.635 bits per heavy atom. The Balaban J connectivity index is 1.16. The Hall–Kier alpha value is -5.61. The number of carboxylic acid groups (broad SMARTS) is 2. The number of carbonyl (C=O) groups excluding carboxylic acids is 1. The van der Waals surface area contributed by atoms with Gasteiger partial charge in [-0.15, -0.1) is 23.5 Å². The van der Waals surface area contributed by atoms with Crippen molar-refractivity contribution in [3.8, 4) is 46.3 Å². The summed E-state index contributed by atoms with van der Waals surface area (Å²) in [5, 5.41) is 17.6. The minimum Gasteiger partial charge on any atom is -0.482 e. The fraction of sp³-hybridized carbons (Fsp3) is 0.186. The van der Waals surface area contributed by atoms with Crippen LogP contribution < -0.4 is 9.47 Å². The van der Waals surface area contributed by atoms with E-state index in [1.165, 1.54) is 0 Å². The first-order valence-corrected chi connectivity index (χ1v) is 18.3. The molecule has 0 unspecified atom stereocenters. The van der Waals surface area contributed by atoms with E-state index >= 15 is 0 Å². The number of ketones is 1. The number of carbonyl (C=O) groups is 3. The van der Waals surface area contributed by atoms with E-state index in [-0.39, 0.29) is 19.0 Å². The summed E-state index contributed by atoms with van der Waals surface area (Å²) in [5.41, 5.74) is 8.20. The van der Waals surface area contributed by atoms with Gasteiger partial charge < -0.3 is 19.7 Å². The molecule has 1 aliphatic carbocycles. The number of thioether (sulfide) groups is 2. The van der Waals surface area contributed by atoms with Crippen molar-refractivity contribution in [2.45, 2.75) is 37.5 Å². The molecule has 0 bridgehead atoms. The lowest BCUT2D eigenvalue weighted by molar-refractivity contribution is -0.140. The third kappa shape index (κ3) is 10.2. The van der Waals surface area contributed by atoms with Gasteiger partial charge in [0.1, 0.15) is 11.5 Å². The third-order valence-electron chi connectivity index (χ3n) is 7.90. The Bertz CT molecular complexity index is 2090.